The average molecular weight is 635 g/mol. The van der Waals surface area contributed by atoms with Crippen molar-refractivity contribution in [1.29, 1.82) is 0 Å². The maximum Gasteiger partial charge on any atom is 0.0130 e. The Labute approximate surface area is 292 Å². The van der Waals surface area contributed by atoms with Gasteiger partial charge in [-0.05, 0) is 106 Å². The van der Waals surface area contributed by atoms with E-state index in [1.807, 2.05) is 0 Å². The summed E-state index contributed by atoms with van der Waals surface area (Å²) in [6, 6.07) is 67.3. The van der Waals surface area contributed by atoms with Gasteiger partial charge < -0.3 is 0 Å². The van der Waals surface area contributed by atoms with Crippen LogP contribution in [0.2, 0.25) is 0 Å². The van der Waals surface area contributed by atoms with E-state index in [4.69, 9.17) is 0 Å². The van der Waals surface area contributed by atoms with E-state index in [-0.39, 0.29) is 5.92 Å². The van der Waals surface area contributed by atoms with Crippen LogP contribution in [0.5, 0.6) is 0 Å². The van der Waals surface area contributed by atoms with E-state index in [1.165, 1.54) is 93.2 Å². The summed E-state index contributed by atoms with van der Waals surface area (Å²) in [5, 5.41) is 10.3. The lowest BCUT2D eigenvalue weighted by Gasteiger charge is -2.27. The van der Waals surface area contributed by atoms with Crippen LogP contribution in [0.15, 0.2) is 188 Å². The average Bonchev–Trinajstić information content (AvgIpc) is 3.19. The molecule has 50 heavy (non-hydrogen) atoms. The molecule has 10 rings (SSSR count). The minimum atomic E-state index is 0.277. The second kappa shape index (κ2) is 11.7. The molecule has 234 valence electrons. The fourth-order valence-electron chi connectivity index (χ4n) is 8.56. The van der Waals surface area contributed by atoms with Gasteiger partial charge in [-0.3, -0.25) is 0 Å². The number of hydrogen-bond donors (Lipinski definition) is 0. The van der Waals surface area contributed by atoms with Crippen LogP contribution in [0, 0.1) is 0 Å². The molecular formula is C50H34. The van der Waals surface area contributed by atoms with Crippen LogP contribution in [0.3, 0.4) is 0 Å². The minimum Gasteiger partial charge on any atom is -0.0751 e. The maximum atomic E-state index is 2.48. The van der Waals surface area contributed by atoms with Crippen molar-refractivity contribution in [1.82, 2.24) is 0 Å². The Hall–Kier alpha value is -6.24. The zero-order chi connectivity index (χ0) is 33.0. The lowest BCUT2D eigenvalue weighted by atomic mass is 9.76. The Morgan fingerprint density at radius 1 is 0.360 bits per heavy atom. The molecule has 0 amide bonds. The van der Waals surface area contributed by atoms with Gasteiger partial charge in [0.1, 0.15) is 0 Å². The van der Waals surface area contributed by atoms with Gasteiger partial charge >= 0.3 is 0 Å². The molecule has 0 heterocycles. The van der Waals surface area contributed by atoms with Crippen LogP contribution in [0.1, 0.15) is 34.6 Å². The number of fused-ring (bicyclic) bond motifs is 5. The molecule has 0 bridgehead atoms. The van der Waals surface area contributed by atoms with Gasteiger partial charge in [0.05, 0.1) is 0 Å². The quantitative estimate of drug-likeness (QED) is 0.169. The van der Waals surface area contributed by atoms with Gasteiger partial charge in [-0.2, -0.15) is 0 Å². The summed E-state index contributed by atoms with van der Waals surface area (Å²) >= 11 is 0. The summed E-state index contributed by atoms with van der Waals surface area (Å²) in [4.78, 5) is 0. The third kappa shape index (κ3) is 4.60. The van der Waals surface area contributed by atoms with Crippen LogP contribution in [0.4, 0.5) is 0 Å². The van der Waals surface area contributed by atoms with Gasteiger partial charge in [-0.1, -0.05) is 182 Å². The number of hydrogen-bond acceptors (Lipinski definition) is 0. The second-order valence-corrected chi connectivity index (χ2v) is 13.5. The zero-order valence-electron chi connectivity index (χ0n) is 27.7. The Balaban J connectivity index is 1.13. The summed E-state index contributed by atoms with van der Waals surface area (Å²) in [6.07, 6.45) is 3.44. The molecule has 9 aromatic carbocycles. The van der Waals surface area contributed by atoms with Crippen molar-refractivity contribution in [2.45, 2.75) is 12.3 Å². The molecular weight excluding hydrogens is 601 g/mol. The highest BCUT2D eigenvalue weighted by Gasteiger charge is 2.25. The SMILES string of the molecule is C1=C(c2cccc3ccccc23)c2ccccc2C(c2cccc(-c3c4ccccc4c(-c4ccc5ccccc5c4)c4ccccc34)c2)C1. The first-order valence-electron chi connectivity index (χ1n) is 17.6. The lowest BCUT2D eigenvalue weighted by molar-refractivity contribution is 0.816. The summed E-state index contributed by atoms with van der Waals surface area (Å²) in [5.74, 6) is 0.277. The molecule has 1 atom stereocenters. The van der Waals surface area contributed by atoms with E-state index in [0.717, 1.165) is 6.42 Å². The predicted molar refractivity (Wildman–Crippen MR) is 214 cm³/mol. The normalized spacial score (nSPS) is 14.2. The molecule has 0 heteroatoms. The molecule has 1 aliphatic rings. The highest BCUT2D eigenvalue weighted by Crippen LogP contribution is 2.46. The molecule has 1 unspecified atom stereocenters. The van der Waals surface area contributed by atoms with Gasteiger partial charge in [0.25, 0.3) is 0 Å². The standard InChI is InChI=1S/C50H34/c1-2-15-35-31-38(28-27-33(35)13-1)50-47-24-9-7-22-45(47)49(46-23-8-10-25-48(46)50)37-18-11-17-36(32-37)40-29-30-44(43-21-6-5-20-41(40)43)42-26-12-16-34-14-3-4-19-39(34)42/h1-28,30-32,40H,29H2. The molecule has 0 aliphatic heterocycles. The van der Waals surface area contributed by atoms with E-state index in [0.29, 0.717) is 0 Å². The Kier molecular flexibility index (Phi) is 6.74. The Morgan fingerprint density at radius 3 is 1.64 bits per heavy atom. The monoisotopic (exact) mass is 634 g/mol. The third-order valence-electron chi connectivity index (χ3n) is 10.8. The van der Waals surface area contributed by atoms with Crippen LogP contribution < -0.4 is 0 Å². The highest BCUT2D eigenvalue weighted by atomic mass is 14.3. The highest BCUT2D eigenvalue weighted by molar-refractivity contribution is 6.21. The van der Waals surface area contributed by atoms with Gasteiger partial charge in [0.15, 0.2) is 0 Å². The molecule has 0 spiro atoms. The first-order valence-corrected chi connectivity index (χ1v) is 17.6. The van der Waals surface area contributed by atoms with Crippen LogP contribution in [-0.2, 0) is 0 Å². The molecule has 0 saturated heterocycles. The van der Waals surface area contributed by atoms with Crippen LogP contribution >= 0.6 is 0 Å². The summed E-state index contributed by atoms with van der Waals surface area (Å²) in [5.41, 5.74) is 11.9. The smallest absolute Gasteiger partial charge is 0.0130 e. The topological polar surface area (TPSA) is 0 Å². The van der Waals surface area contributed by atoms with Crippen LogP contribution in [0.25, 0.3) is 70.9 Å². The van der Waals surface area contributed by atoms with E-state index in [9.17, 15) is 0 Å². The van der Waals surface area contributed by atoms with Crippen LogP contribution in [-0.4, -0.2) is 0 Å². The Bertz CT molecular complexity index is 2730. The summed E-state index contributed by atoms with van der Waals surface area (Å²) in [6.45, 7) is 0. The molecule has 9 aromatic rings. The maximum absolute atomic E-state index is 2.48. The van der Waals surface area contributed by atoms with Crippen molar-refractivity contribution in [3.05, 3.63) is 210 Å². The zero-order valence-corrected chi connectivity index (χ0v) is 27.7. The van der Waals surface area contributed by atoms with Crippen molar-refractivity contribution in [2.24, 2.45) is 0 Å². The third-order valence-corrected chi connectivity index (χ3v) is 10.8. The molecule has 0 aromatic heterocycles. The molecule has 0 N–H and O–H groups in total. The second-order valence-electron chi connectivity index (χ2n) is 13.5. The summed E-state index contributed by atoms with van der Waals surface area (Å²) < 4.78 is 0. The minimum absolute atomic E-state index is 0.277. The molecule has 0 fully saturated rings. The van der Waals surface area contributed by atoms with Gasteiger partial charge in [-0.15, -0.1) is 0 Å². The lowest BCUT2D eigenvalue weighted by Crippen LogP contribution is -2.09. The van der Waals surface area contributed by atoms with Crippen molar-refractivity contribution in [3.8, 4) is 22.3 Å². The predicted octanol–water partition coefficient (Wildman–Crippen LogP) is 13.6. The Morgan fingerprint density at radius 2 is 0.900 bits per heavy atom. The number of rotatable bonds is 4. The van der Waals surface area contributed by atoms with E-state index >= 15 is 0 Å². The fourth-order valence-corrected chi connectivity index (χ4v) is 8.56. The van der Waals surface area contributed by atoms with Crippen molar-refractivity contribution >= 4 is 48.7 Å². The van der Waals surface area contributed by atoms with Crippen molar-refractivity contribution in [2.75, 3.05) is 0 Å². The van der Waals surface area contributed by atoms with Crippen molar-refractivity contribution in [3.63, 3.8) is 0 Å². The van der Waals surface area contributed by atoms with Crippen molar-refractivity contribution < 1.29 is 0 Å². The molecule has 0 nitrogen and oxygen atoms in total. The fraction of sp³-hybridized carbons (Fsp3) is 0.0400. The van der Waals surface area contributed by atoms with E-state index in [1.54, 1.807) is 0 Å². The first kappa shape index (κ1) is 28.7. The number of allylic oxidation sites excluding steroid dienone is 1. The molecule has 1 aliphatic carbocycles. The largest absolute Gasteiger partial charge is 0.0751 e. The molecule has 0 saturated carbocycles. The first-order chi connectivity index (χ1) is 24.8. The van der Waals surface area contributed by atoms with Gasteiger partial charge in [-0.25, -0.2) is 0 Å². The van der Waals surface area contributed by atoms with E-state index in [2.05, 4.69) is 188 Å². The van der Waals surface area contributed by atoms with Gasteiger partial charge in [0.2, 0.25) is 0 Å². The summed E-state index contributed by atoms with van der Waals surface area (Å²) in [7, 11) is 0. The molecule has 0 radical (unpaired) electrons. The van der Waals surface area contributed by atoms with E-state index < -0.39 is 0 Å². The number of benzene rings is 9. The van der Waals surface area contributed by atoms with Gasteiger partial charge in [0, 0.05) is 5.92 Å².